The van der Waals surface area contributed by atoms with Gasteiger partial charge in [-0.25, -0.2) is 0 Å². The van der Waals surface area contributed by atoms with Gasteiger partial charge >= 0.3 is 0 Å². The Morgan fingerprint density at radius 1 is 1.16 bits per heavy atom. The van der Waals surface area contributed by atoms with Gasteiger partial charge in [-0.05, 0) is 42.9 Å². The second-order valence-electron chi connectivity index (χ2n) is 5.69. The number of hydrogen-bond donors (Lipinski definition) is 2. The molecule has 3 heteroatoms. The minimum absolute atomic E-state index is 0.341. The van der Waals surface area contributed by atoms with Crippen molar-refractivity contribution in [1.29, 1.82) is 0 Å². The molecule has 2 saturated heterocycles. The predicted molar refractivity (Wildman–Crippen MR) is 77.6 cm³/mol. The highest BCUT2D eigenvalue weighted by molar-refractivity contribution is 5.27. The van der Waals surface area contributed by atoms with Crippen molar-refractivity contribution in [3.63, 3.8) is 0 Å². The van der Waals surface area contributed by atoms with Crippen molar-refractivity contribution < 1.29 is 4.74 Å². The Hall–Kier alpha value is -0.900. The number of rotatable bonds is 3. The Balaban J connectivity index is 1.64. The first-order valence-corrected chi connectivity index (χ1v) is 7.54. The number of morpholine rings is 1. The summed E-state index contributed by atoms with van der Waals surface area (Å²) in [7, 11) is 0. The van der Waals surface area contributed by atoms with Crippen molar-refractivity contribution in [2.75, 3.05) is 32.8 Å². The lowest BCUT2D eigenvalue weighted by Crippen LogP contribution is -2.39. The average Bonchev–Trinajstić information content (AvgIpc) is 2.49. The highest BCUT2D eigenvalue weighted by Gasteiger charge is 2.17. The maximum absolute atomic E-state index is 5.79. The third-order valence-electron chi connectivity index (χ3n) is 4.19. The van der Waals surface area contributed by atoms with Gasteiger partial charge in [-0.2, -0.15) is 0 Å². The zero-order chi connectivity index (χ0) is 12.9. The van der Waals surface area contributed by atoms with E-state index in [-0.39, 0.29) is 0 Å². The molecule has 3 nitrogen and oxygen atoms in total. The van der Waals surface area contributed by atoms with Crippen LogP contribution in [0.5, 0.6) is 0 Å². The van der Waals surface area contributed by atoms with Gasteiger partial charge in [0.15, 0.2) is 0 Å². The first kappa shape index (κ1) is 13.1. The smallest absolute Gasteiger partial charge is 0.0740 e. The number of hydrogen-bond acceptors (Lipinski definition) is 3. The van der Waals surface area contributed by atoms with E-state index in [0.717, 1.165) is 32.7 Å². The van der Waals surface area contributed by atoms with Gasteiger partial charge < -0.3 is 15.4 Å². The van der Waals surface area contributed by atoms with Gasteiger partial charge in [0.05, 0.1) is 12.7 Å². The Bertz CT molecular complexity index is 395. The van der Waals surface area contributed by atoms with Crippen LogP contribution in [0.2, 0.25) is 0 Å². The molecule has 1 aromatic rings. The molecule has 0 aromatic heterocycles. The molecule has 2 aliphatic heterocycles. The lowest BCUT2D eigenvalue weighted by molar-refractivity contribution is 0.0292. The van der Waals surface area contributed by atoms with Crippen LogP contribution in [0, 0.1) is 0 Å². The van der Waals surface area contributed by atoms with Crippen molar-refractivity contribution in [2.45, 2.75) is 31.3 Å². The Morgan fingerprint density at radius 3 is 2.89 bits per heavy atom. The standard InChI is InChI=1S/C16H24N2O/c1-3-13(10-16-12-18-7-8-19-16)9-14(4-1)15-5-2-6-17-11-15/h1,3-4,9,15-18H,2,5-8,10-12H2. The number of piperidine rings is 1. The van der Waals surface area contributed by atoms with E-state index in [1.54, 1.807) is 0 Å². The molecule has 0 radical (unpaired) electrons. The highest BCUT2D eigenvalue weighted by Crippen LogP contribution is 2.24. The van der Waals surface area contributed by atoms with Gasteiger partial charge in [0.2, 0.25) is 0 Å². The topological polar surface area (TPSA) is 33.3 Å². The molecule has 0 saturated carbocycles. The monoisotopic (exact) mass is 260 g/mol. The van der Waals surface area contributed by atoms with Crippen molar-refractivity contribution in [3.05, 3.63) is 35.4 Å². The van der Waals surface area contributed by atoms with E-state index in [2.05, 4.69) is 34.9 Å². The first-order valence-electron chi connectivity index (χ1n) is 7.54. The van der Waals surface area contributed by atoms with E-state index in [4.69, 9.17) is 4.74 Å². The fraction of sp³-hybridized carbons (Fsp3) is 0.625. The number of nitrogens with one attached hydrogen (secondary N) is 2. The lowest BCUT2D eigenvalue weighted by atomic mass is 9.90. The van der Waals surface area contributed by atoms with E-state index >= 15 is 0 Å². The van der Waals surface area contributed by atoms with Crippen LogP contribution in [-0.4, -0.2) is 38.9 Å². The molecule has 0 amide bonds. The molecule has 0 bridgehead atoms. The van der Waals surface area contributed by atoms with Gasteiger partial charge in [0.1, 0.15) is 0 Å². The molecule has 19 heavy (non-hydrogen) atoms. The summed E-state index contributed by atoms with van der Waals surface area (Å²) < 4.78 is 5.79. The molecular weight excluding hydrogens is 236 g/mol. The normalized spacial score (nSPS) is 28.2. The van der Waals surface area contributed by atoms with E-state index in [1.165, 1.54) is 30.5 Å². The maximum atomic E-state index is 5.79. The fourth-order valence-electron chi connectivity index (χ4n) is 3.12. The lowest BCUT2D eigenvalue weighted by Gasteiger charge is -2.25. The van der Waals surface area contributed by atoms with Crippen LogP contribution in [0.15, 0.2) is 24.3 Å². The summed E-state index contributed by atoms with van der Waals surface area (Å²) in [6.45, 7) is 5.12. The van der Waals surface area contributed by atoms with Gasteiger partial charge in [0, 0.05) is 19.6 Å². The van der Waals surface area contributed by atoms with E-state index in [0.29, 0.717) is 12.0 Å². The van der Waals surface area contributed by atoms with Crippen molar-refractivity contribution in [1.82, 2.24) is 10.6 Å². The van der Waals surface area contributed by atoms with Crippen LogP contribution in [-0.2, 0) is 11.2 Å². The van der Waals surface area contributed by atoms with Crippen LogP contribution in [0.4, 0.5) is 0 Å². The van der Waals surface area contributed by atoms with Crippen LogP contribution in [0.25, 0.3) is 0 Å². The van der Waals surface area contributed by atoms with Crippen molar-refractivity contribution in [3.8, 4) is 0 Å². The molecule has 2 atom stereocenters. The first-order chi connectivity index (χ1) is 9.42. The molecule has 0 aliphatic carbocycles. The Kier molecular flexibility index (Phi) is 4.49. The molecule has 0 spiro atoms. The maximum Gasteiger partial charge on any atom is 0.0740 e. The summed E-state index contributed by atoms with van der Waals surface area (Å²) in [5.41, 5.74) is 2.91. The van der Waals surface area contributed by atoms with E-state index in [9.17, 15) is 0 Å². The van der Waals surface area contributed by atoms with Crippen LogP contribution in [0.3, 0.4) is 0 Å². The second-order valence-corrected chi connectivity index (χ2v) is 5.69. The summed E-state index contributed by atoms with van der Waals surface area (Å²) in [5.74, 6) is 0.694. The van der Waals surface area contributed by atoms with Crippen LogP contribution >= 0.6 is 0 Å². The average molecular weight is 260 g/mol. The third-order valence-corrected chi connectivity index (χ3v) is 4.19. The molecule has 2 unspecified atom stereocenters. The van der Waals surface area contributed by atoms with Gasteiger partial charge in [-0.1, -0.05) is 24.3 Å². The van der Waals surface area contributed by atoms with Crippen LogP contribution < -0.4 is 10.6 Å². The molecule has 2 heterocycles. The number of ether oxygens (including phenoxy) is 1. The molecule has 2 fully saturated rings. The van der Waals surface area contributed by atoms with Gasteiger partial charge in [0.25, 0.3) is 0 Å². The molecule has 2 aliphatic rings. The highest BCUT2D eigenvalue weighted by atomic mass is 16.5. The van der Waals surface area contributed by atoms with Gasteiger partial charge in [-0.15, -0.1) is 0 Å². The summed E-state index contributed by atoms with van der Waals surface area (Å²) in [4.78, 5) is 0. The summed E-state index contributed by atoms with van der Waals surface area (Å²) in [5, 5.41) is 6.90. The summed E-state index contributed by atoms with van der Waals surface area (Å²) in [6, 6.07) is 9.10. The Morgan fingerprint density at radius 2 is 2.11 bits per heavy atom. The summed E-state index contributed by atoms with van der Waals surface area (Å²) in [6.07, 6.45) is 3.98. The quantitative estimate of drug-likeness (QED) is 0.867. The third kappa shape index (κ3) is 3.56. The van der Waals surface area contributed by atoms with Crippen molar-refractivity contribution >= 4 is 0 Å². The zero-order valence-corrected chi connectivity index (χ0v) is 11.5. The van der Waals surface area contributed by atoms with Gasteiger partial charge in [-0.3, -0.25) is 0 Å². The number of benzene rings is 1. The van der Waals surface area contributed by atoms with E-state index in [1.807, 2.05) is 0 Å². The minimum atomic E-state index is 0.341. The molecule has 2 N–H and O–H groups in total. The second kappa shape index (κ2) is 6.51. The fourth-order valence-corrected chi connectivity index (χ4v) is 3.12. The molecular formula is C16H24N2O. The molecule has 3 rings (SSSR count). The summed E-state index contributed by atoms with van der Waals surface area (Å²) >= 11 is 0. The zero-order valence-electron chi connectivity index (χ0n) is 11.5. The minimum Gasteiger partial charge on any atom is -0.375 e. The van der Waals surface area contributed by atoms with Crippen LogP contribution in [0.1, 0.15) is 29.9 Å². The SMILES string of the molecule is c1cc(CC2CNCCO2)cc(C2CCCNC2)c1. The van der Waals surface area contributed by atoms with Crippen molar-refractivity contribution in [2.24, 2.45) is 0 Å². The predicted octanol–water partition coefficient (Wildman–Crippen LogP) is 1.68. The van der Waals surface area contributed by atoms with E-state index < -0.39 is 0 Å². The Labute approximate surface area is 115 Å². The molecule has 1 aromatic carbocycles. The largest absolute Gasteiger partial charge is 0.375 e. The molecule has 104 valence electrons.